The van der Waals surface area contributed by atoms with Crippen molar-refractivity contribution in [3.8, 4) is 0 Å². The van der Waals surface area contributed by atoms with Gasteiger partial charge in [-0.25, -0.2) is 0 Å². The van der Waals surface area contributed by atoms with Crippen LogP contribution in [0.25, 0.3) is 0 Å². The Bertz CT molecular complexity index is 1200. The van der Waals surface area contributed by atoms with Crippen LogP contribution >= 0.6 is 0 Å². The third-order valence-electron chi connectivity index (χ3n) is 8.92. The summed E-state index contributed by atoms with van der Waals surface area (Å²) in [6.45, 7) is 15.7. The number of aryl methyl sites for hydroxylation is 2. The molecule has 3 fully saturated rings. The maximum absolute atomic E-state index is 13.9. The van der Waals surface area contributed by atoms with Crippen LogP contribution in [0.3, 0.4) is 0 Å². The molecule has 1 aromatic carbocycles. The van der Waals surface area contributed by atoms with E-state index in [1.165, 1.54) is 24.8 Å². The Morgan fingerprint density at radius 1 is 1.03 bits per heavy atom. The summed E-state index contributed by atoms with van der Waals surface area (Å²) in [5.41, 5.74) is 2.95. The lowest BCUT2D eigenvalue weighted by atomic mass is 9.71. The Labute approximate surface area is 228 Å². The van der Waals surface area contributed by atoms with Crippen molar-refractivity contribution < 1.29 is 9.59 Å². The predicted octanol–water partition coefficient (Wildman–Crippen LogP) is 6.17. The second-order valence-corrected chi connectivity index (χ2v) is 13.9. The molecule has 0 radical (unpaired) electrons. The van der Waals surface area contributed by atoms with E-state index in [2.05, 4.69) is 50.5 Å². The van der Waals surface area contributed by atoms with Crippen LogP contribution < -0.4 is 0 Å². The van der Waals surface area contributed by atoms with Gasteiger partial charge in [0.25, 0.3) is 0 Å². The molecule has 0 bridgehead atoms. The van der Waals surface area contributed by atoms with Crippen molar-refractivity contribution in [2.75, 3.05) is 13.1 Å². The van der Waals surface area contributed by atoms with Crippen LogP contribution in [0.4, 0.5) is 0 Å². The zero-order valence-corrected chi connectivity index (χ0v) is 24.5. The minimum atomic E-state index is -0.483. The van der Waals surface area contributed by atoms with Crippen LogP contribution in [0, 0.1) is 37.0 Å². The highest BCUT2D eigenvalue weighted by Crippen LogP contribution is 2.48. The van der Waals surface area contributed by atoms with Crippen molar-refractivity contribution in [1.82, 2.24) is 19.7 Å². The fourth-order valence-corrected chi connectivity index (χ4v) is 6.75. The molecule has 206 valence electrons. The number of carbonyl (C=O) groups excluding carboxylic acids is 2. The number of hydrogen-bond donors (Lipinski definition) is 0. The second-order valence-electron chi connectivity index (χ2n) is 13.9. The first-order chi connectivity index (χ1) is 17.9. The van der Waals surface area contributed by atoms with Crippen molar-refractivity contribution in [1.29, 1.82) is 0 Å². The molecule has 6 heteroatoms. The van der Waals surface area contributed by atoms with Gasteiger partial charge in [-0.15, -0.1) is 10.2 Å². The van der Waals surface area contributed by atoms with Crippen LogP contribution in [0.1, 0.15) is 113 Å². The molecule has 3 aliphatic rings. The van der Waals surface area contributed by atoms with Crippen LogP contribution in [0.5, 0.6) is 0 Å². The number of benzene rings is 1. The fourth-order valence-electron chi connectivity index (χ4n) is 6.75. The molecule has 2 heterocycles. The Kier molecular flexibility index (Phi) is 7.30. The third kappa shape index (κ3) is 5.46. The number of aromatic nitrogens is 3. The van der Waals surface area contributed by atoms with E-state index >= 15 is 0 Å². The Hall–Kier alpha value is -2.50. The van der Waals surface area contributed by atoms with E-state index in [4.69, 9.17) is 10.2 Å². The summed E-state index contributed by atoms with van der Waals surface area (Å²) < 4.78 is 2.41. The molecule has 2 aromatic rings. The number of Topliss-reactive ketones (excluding diaryl/α,β-unsaturated/α-hetero) is 1. The largest absolute Gasteiger partial charge is 0.341 e. The van der Waals surface area contributed by atoms with Crippen molar-refractivity contribution >= 4 is 11.7 Å². The van der Waals surface area contributed by atoms with Gasteiger partial charge in [-0.1, -0.05) is 58.4 Å². The van der Waals surface area contributed by atoms with Gasteiger partial charge in [0.1, 0.15) is 17.4 Å². The monoisotopic (exact) mass is 518 g/mol. The van der Waals surface area contributed by atoms with Crippen LogP contribution in [-0.2, 0) is 16.0 Å². The minimum absolute atomic E-state index is 0.104. The average Bonchev–Trinajstić information content (AvgIpc) is 3.40. The van der Waals surface area contributed by atoms with Crippen molar-refractivity contribution in [2.45, 2.75) is 105 Å². The van der Waals surface area contributed by atoms with Gasteiger partial charge in [0.05, 0.1) is 0 Å². The molecular formula is C32H46N4O2. The average molecular weight is 519 g/mol. The van der Waals surface area contributed by atoms with Gasteiger partial charge in [-0.2, -0.15) is 0 Å². The lowest BCUT2D eigenvalue weighted by molar-refractivity contribution is -0.138. The van der Waals surface area contributed by atoms with Gasteiger partial charge >= 0.3 is 0 Å². The molecule has 1 amide bonds. The summed E-state index contributed by atoms with van der Waals surface area (Å²) in [5, 5.41) is 9.57. The first kappa shape index (κ1) is 27.1. The van der Waals surface area contributed by atoms with Gasteiger partial charge in [-0.3, -0.25) is 9.59 Å². The summed E-state index contributed by atoms with van der Waals surface area (Å²) in [7, 11) is 0. The van der Waals surface area contributed by atoms with E-state index in [0.717, 1.165) is 47.5 Å². The molecule has 5 rings (SSSR count). The summed E-state index contributed by atoms with van der Waals surface area (Å²) in [4.78, 5) is 29.2. The lowest BCUT2D eigenvalue weighted by Gasteiger charge is -2.36. The minimum Gasteiger partial charge on any atom is -0.341 e. The summed E-state index contributed by atoms with van der Waals surface area (Å²) in [6.07, 6.45) is 6.36. The molecule has 1 aliphatic heterocycles. The van der Waals surface area contributed by atoms with Crippen molar-refractivity contribution in [3.05, 3.63) is 46.5 Å². The van der Waals surface area contributed by atoms with Crippen LogP contribution in [-0.4, -0.2) is 44.4 Å². The summed E-state index contributed by atoms with van der Waals surface area (Å²) in [5.74, 6) is 4.01. The molecule has 0 N–H and O–H groups in total. The molecule has 1 saturated heterocycles. The Morgan fingerprint density at radius 2 is 1.71 bits per heavy atom. The highest BCUT2D eigenvalue weighted by molar-refractivity contribution is 5.87. The number of ketones is 1. The molecule has 2 atom stereocenters. The summed E-state index contributed by atoms with van der Waals surface area (Å²) >= 11 is 0. The highest BCUT2D eigenvalue weighted by Gasteiger charge is 2.47. The Balaban J connectivity index is 1.43. The highest BCUT2D eigenvalue weighted by atomic mass is 16.2. The normalized spacial score (nSPS) is 25.6. The number of nitrogens with zero attached hydrogens (tertiary/aromatic N) is 4. The third-order valence-corrected chi connectivity index (χ3v) is 8.92. The van der Waals surface area contributed by atoms with Gasteiger partial charge in [0, 0.05) is 48.7 Å². The maximum Gasteiger partial charge on any atom is 0.227 e. The SMILES string of the molecule is Cc1ccc(CC(=O)[C@H]2CN(C(=O)C(C)(C)C)C[C@@H]2c2nnc(C3CC(CC(C)C)C3)n2C2CC2)c(C)c1. The number of hydrogen-bond acceptors (Lipinski definition) is 4. The molecule has 0 spiro atoms. The van der Waals surface area contributed by atoms with E-state index in [1.54, 1.807) is 0 Å². The predicted molar refractivity (Wildman–Crippen MR) is 150 cm³/mol. The first-order valence-electron chi connectivity index (χ1n) is 14.7. The van der Waals surface area contributed by atoms with Gasteiger partial charge in [-0.05, 0) is 68.9 Å². The smallest absolute Gasteiger partial charge is 0.227 e. The number of amides is 1. The molecule has 2 saturated carbocycles. The van der Waals surface area contributed by atoms with Crippen LogP contribution in [0.2, 0.25) is 0 Å². The van der Waals surface area contributed by atoms with E-state index in [-0.39, 0.29) is 23.5 Å². The maximum atomic E-state index is 13.9. The molecule has 38 heavy (non-hydrogen) atoms. The van der Waals surface area contributed by atoms with E-state index < -0.39 is 5.41 Å². The second kappa shape index (κ2) is 10.2. The van der Waals surface area contributed by atoms with Gasteiger partial charge < -0.3 is 9.47 Å². The van der Waals surface area contributed by atoms with E-state index in [0.29, 0.717) is 31.5 Å². The zero-order valence-electron chi connectivity index (χ0n) is 24.5. The number of likely N-dealkylation sites (tertiary alicyclic amines) is 1. The molecule has 1 aromatic heterocycles. The number of rotatable bonds is 8. The molecule has 6 nitrogen and oxygen atoms in total. The van der Waals surface area contributed by atoms with E-state index in [9.17, 15) is 9.59 Å². The van der Waals surface area contributed by atoms with Crippen molar-refractivity contribution in [2.24, 2.45) is 23.2 Å². The number of carbonyl (C=O) groups is 2. The fraction of sp³-hybridized carbons (Fsp3) is 0.688. The quantitative estimate of drug-likeness (QED) is 0.419. The van der Waals surface area contributed by atoms with Crippen molar-refractivity contribution in [3.63, 3.8) is 0 Å². The summed E-state index contributed by atoms with van der Waals surface area (Å²) in [6, 6.07) is 6.75. The van der Waals surface area contributed by atoms with E-state index in [1.807, 2.05) is 25.7 Å². The van der Waals surface area contributed by atoms with Crippen LogP contribution in [0.15, 0.2) is 18.2 Å². The lowest BCUT2D eigenvalue weighted by Crippen LogP contribution is -2.38. The van der Waals surface area contributed by atoms with Gasteiger partial charge in [0.15, 0.2) is 0 Å². The topological polar surface area (TPSA) is 68.1 Å². The van der Waals surface area contributed by atoms with Gasteiger partial charge in [0.2, 0.25) is 5.91 Å². The molecular weight excluding hydrogens is 472 g/mol. The standard InChI is InChI=1S/C32H46N4O2/c1-19(2)12-22-14-24(15-22)29-33-34-30(36(29)25-10-11-25)27-18-35(31(38)32(5,6)7)17-26(27)28(37)16-23-9-8-20(3)13-21(23)4/h8-9,13,19,22,24-27H,10-12,14-18H2,1-7H3/t22?,24?,26-,27-/m0/s1. The molecule has 2 aliphatic carbocycles. The molecule has 0 unspecified atom stereocenters. The first-order valence-corrected chi connectivity index (χ1v) is 14.7. The Morgan fingerprint density at radius 3 is 2.32 bits per heavy atom. The zero-order chi connectivity index (χ0) is 27.4.